The molecule has 7 heteroatoms. The molecule has 2 rings (SSSR count). The average molecular weight is 298 g/mol. The molecule has 1 aromatic rings. The van der Waals surface area contributed by atoms with Crippen LogP contribution in [-0.4, -0.2) is 53.5 Å². The third-order valence-electron chi connectivity index (χ3n) is 3.28. The van der Waals surface area contributed by atoms with Gasteiger partial charge >= 0.3 is 5.97 Å². The Morgan fingerprint density at radius 1 is 1.50 bits per heavy atom. The third kappa shape index (κ3) is 2.70. The summed E-state index contributed by atoms with van der Waals surface area (Å²) in [6.45, 7) is 0.602. The summed E-state index contributed by atoms with van der Waals surface area (Å²) in [4.78, 5) is 30.3. The van der Waals surface area contributed by atoms with Gasteiger partial charge in [0.15, 0.2) is 0 Å². The van der Waals surface area contributed by atoms with Crippen LogP contribution in [0.1, 0.15) is 23.2 Å². The molecule has 0 aromatic carbocycles. The molecule has 1 N–H and O–H groups in total. The molecule has 0 aliphatic carbocycles. The lowest BCUT2D eigenvalue weighted by Crippen LogP contribution is -2.36. The first-order chi connectivity index (χ1) is 9.41. The average Bonchev–Trinajstić information content (AvgIpc) is 2.86. The number of carbonyl (C=O) groups is 2. The molecule has 1 atom stereocenters. The van der Waals surface area contributed by atoms with Crippen LogP contribution in [0.4, 0.5) is 5.82 Å². The van der Waals surface area contributed by atoms with Gasteiger partial charge in [0.05, 0.1) is 10.6 Å². The highest BCUT2D eigenvalue weighted by atomic mass is 35.5. The van der Waals surface area contributed by atoms with Gasteiger partial charge in [0.25, 0.3) is 5.91 Å². The summed E-state index contributed by atoms with van der Waals surface area (Å²) >= 11 is 6.16. The first-order valence-corrected chi connectivity index (χ1v) is 6.66. The number of nitrogens with zero attached hydrogens (tertiary/aromatic N) is 3. The van der Waals surface area contributed by atoms with Crippen molar-refractivity contribution in [1.82, 2.24) is 9.88 Å². The molecule has 1 fully saturated rings. The molecule has 1 aliphatic rings. The van der Waals surface area contributed by atoms with Crippen molar-refractivity contribution >= 4 is 29.3 Å². The molecule has 2 heterocycles. The molecule has 1 aliphatic heterocycles. The van der Waals surface area contributed by atoms with Crippen LogP contribution in [0.2, 0.25) is 5.02 Å². The Kier molecular flexibility index (Phi) is 4.13. The SMILES string of the molecule is CN(C)C(=O)c1cnc(N2CCC[C@@H]2C(=O)O)c(Cl)c1. The summed E-state index contributed by atoms with van der Waals surface area (Å²) in [5.41, 5.74) is 0.384. The summed E-state index contributed by atoms with van der Waals surface area (Å²) < 4.78 is 0. The van der Waals surface area contributed by atoms with Gasteiger partial charge in [-0.25, -0.2) is 9.78 Å². The van der Waals surface area contributed by atoms with E-state index >= 15 is 0 Å². The molecule has 0 spiro atoms. The molecule has 0 radical (unpaired) electrons. The predicted molar refractivity (Wildman–Crippen MR) is 75.3 cm³/mol. The van der Waals surface area contributed by atoms with Gasteiger partial charge < -0.3 is 14.9 Å². The number of carboxylic acid groups (broad SMARTS) is 1. The van der Waals surface area contributed by atoms with E-state index in [1.165, 1.54) is 17.2 Å². The topological polar surface area (TPSA) is 73.7 Å². The first kappa shape index (κ1) is 14.6. The molecule has 1 amide bonds. The highest BCUT2D eigenvalue weighted by Crippen LogP contribution is 2.30. The fourth-order valence-electron chi connectivity index (χ4n) is 2.29. The monoisotopic (exact) mass is 297 g/mol. The van der Waals surface area contributed by atoms with Crippen molar-refractivity contribution in [3.05, 3.63) is 22.8 Å². The minimum Gasteiger partial charge on any atom is -0.480 e. The third-order valence-corrected chi connectivity index (χ3v) is 3.56. The fourth-order valence-corrected chi connectivity index (χ4v) is 2.57. The Labute approximate surface area is 122 Å². The second-order valence-corrected chi connectivity index (χ2v) is 5.33. The lowest BCUT2D eigenvalue weighted by Gasteiger charge is -2.23. The Hall–Kier alpha value is -1.82. The summed E-state index contributed by atoms with van der Waals surface area (Å²) in [6, 6.07) is 0.930. The van der Waals surface area contributed by atoms with Crippen molar-refractivity contribution in [1.29, 1.82) is 0 Å². The number of rotatable bonds is 3. The summed E-state index contributed by atoms with van der Waals surface area (Å²) in [7, 11) is 3.29. The Morgan fingerprint density at radius 2 is 2.20 bits per heavy atom. The van der Waals surface area contributed by atoms with Gasteiger partial charge in [0.2, 0.25) is 0 Å². The smallest absolute Gasteiger partial charge is 0.326 e. The van der Waals surface area contributed by atoms with Crippen LogP contribution in [0.15, 0.2) is 12.3 Å². The minimum absolute atomic E-state index is 0.192. The molecule has 1 saturated heterocycles. The van der Waals surface area contributed by atoms with Gasteiger partial charge in [0, 0.05) is 26.8 Å². The Balaban J connectivity index is 2.30. The highest BCUT2D eigenvalue weighted by molar-refractivity contribution is 6.33. The van der Waals surface area contributed by atoms with E-state index in [9.17, 15) is 14.7 Å². The van der Waals surface area contributed by atoms with E-state index in [-0.39, 0.29) is 5.91 Å². The molecule has 1 aromatic heterocycles. The zero-order chi connectivity index (χ0) is 14.9. The summed E-state index contributed by atoms with van der Waals surface area (Å²) in [5.74, 6) is -0.650. The summed E-state index contributed by atoms with van der Waals surface area (Å²) in [5, 5.41) is 9.48. The van der Waals surface area contributed by atoms with Gasteiger partial charge in [-0.15, -0.1) is 0 Å². The number of pyridine rings is 1. The fraction of sp³-hybridized carbons (Fsp3) is 0.462. The largest absolute Gasteiger partial charge is 0.480 e. The van der Waals surface area contributed by atoms with Crippen molar-refractivity contribution in [3.8, 4) is 0 Å². The van der Waals surface area contributed by atoms with E-state index in [4.69, 9.17) is 11.6 Å². The first-order valence-electron chi connectivity index (χ1n) is 6.28. The van der Waals surface area contributed by atoms with Crippen LogP contribution in [0.5, 0.6) is 0 Å². The van der Waals surface area contributed by atoms with Crippen LogP contribution in [0.3, 0.4) is 0 Å². The zero-order valence-corrected chi connectivity index (χ0v) is 12.1. The van der Waals surface area contributed by atoms with Crippen molar-refractivity contribution in [2.24, 2.45) is 0 Å². The number of carboxylic acids is 1. The molecule has 6 nitrogen and oxygen atoms in total. The molecular weight excluding hydrogens is 282 g/mol. The molecule has 0 unspecified atom stereocenters. The molecule has 0 saturated carbocycles. The van der Waals surface area contributed by atoms with Crippen LogP contribution in [0, 0.1) is 0 Å². The zero-order valence-electron chi connectivity index (χ0n) is 11.3. The van der Waals surface area contributed by atoms with E-state index in [0.29, 0.717) is 29.4 Å². The number of aromatic nitrogens is 1. The number of anilines is 1. The number of amides is 1. The number of halogens is 1. The normalized spacial score (nSPS) is 18.1. The molecule has 20 heavy (non-hydrogen) atoms. The number of aliphatic carboxylic acids is 1. The Bertz CT molecular complexity index is 548. The minimum atomic E-state index is -0.881. The van der Waals surface area contributed by atoms with E-state index in [1.54, 1.807) is 19.0 Å². The van der Waals surface area contributed by atoms with Crippen molar-refractivity contribution in [3.63, 3.8) is 0 Å². The summed E-state index contributed by atoms with van der Waals surface area (Å²) in [6.07, 6.45) is 2.79. The number of hydrogen-bond acceptors (Lipinski definition) is 4. The van der Waals surface area contributed by atoms with E-state index in [1.807, 2.05) is 0 Å². The second-order valence-electron chi connectivity index (χ2n) is 4.92. The quantitative estimate of drug-likeness (QED) is 0.915. The van der Waals surface area contributed by atoms with Gasteiger partial charge in [-0.2, -0.15) is 0 Å². The molecular formula is C13H16ClN3O3. The highest BCUT2D eigenvalue weighted by Gasteiger charge is 2.32. The lowest BCUT2D eigenvalue weighted by atomic mass is 10.2. The maximum absolute atomic E-state index is 11.8. The van der Waals surface area contributed by atoms with Crippen molar-refractivity contribution < 1.29 is 14.7 Å². The van der Waals surface area contributed by atoms with E-state index < -0.39 is 12.0 Å². The van der Waals surface area contributed by atoms with Crippen LogP contribution < -0.4 is 4.90 Å². The standard InChI is InChI=1S/C13H16ClN3O3/c1-16(2)12(18)8-6-9(14)11(15-7-8)17-5-3-4-10(17)13(19)20/h6-7,10H,3-5H2,1-2H3,(H,19,20)/t10-/m1/s1. The maximum atomic E-state index is 11.8. The number of hydrogen-bond donors (Lipinski definition) is 1. The van der Waals surface area contributed by atoms with Gasteiger partial charge in [-0.3, -0.25) is 4.79 Å². The maximum Gasteiger partial charge on any atom is 0.326 e. The predicted octanol–water partition coefficient (Wildman–Crippen LogP) is 1.49. The number of carbonyl (C=O) groups excluding carboxylic acids is 1. The van der Waals surface area contributed by atoms with E-state index in [2.05, 4.69) is 4.98 Å². The van der Waals surface area contributed by atoms with E-state index in [0.717, 1.165) is 6.42 Å². The molecule has 108 valence electrons. The van der Waals surface area contributed by atoms with Crippen LogP contribution in [-0.2, 0) is 4.79 Å². The molecule has 0 bridgehead atoms. The van der Waals surface area contributed by atoms with Gasteiger partial charge in [-0.05, 0) is 18.9 Å². The Morgan fingerprint density at radius 3 is 2.75 bits per heavy atom. The lowest BCUT2D eigenvalue weighted by molar-refractivity contribution is -0.138. The van der Waals surface area contributed by atoms with Crippen molar-refractivity contribution in [2.75, 3.05) is 25.5 Å². The van der Waals surface area contributed by atoms with Crippen LogP contribution >= 0.6 is 11.6 Å². The second kappa shape index (κ2) is 5.66. The van der Waals surface area contributed by atoms with Gasteiger partial charge in [-0.1, -0.05) is 11.6 Å². The van der Waals surface area contributed by atoms with Crippen molar-refractivity contribution in [2.45, 2.75) is 18.9 Å². The van der Waals surface area contributed by atoms with Crippen LogP contribution in [0.25, 0.3) is 0 Å². The van der Waals surface area contributed by atoms with Gasteiger partial charge in [0.1, 0.15) is 11.9 Å².